The summed E-state index contributed by atoms with van der Waals surface area (Å²) in [7, 11) is 0. The van der Waals surface area contributed by atoms with Crippen LogP contribution >= 0.6 is 0 Å². The normalized spacial score (nSPS) is 27.7. The largest absolute Gasteiger partial charge is 0.395 e. The van der Waals surface area contributed by atoms with E-state index in [1.54, 1.807) is 0 Å². The van der Waals surface area contributed by atoms with Crippen molar-refractivity contribution in [2.45, 2.75) is 31.0 Å². The van der Waals surface area contributed by atoms with Crippen LogP contribution < -0.4 is 0 Å². The second kappa shape index (κ2) is 7.96. The van der Waals surface area contributed by atoms with Gasteiger partial charge in [-0.2, -0.15) is 0 Å². The molecule has 4 nitrogen and oxygen atoms in total. The second-order valence-electron chi connectivity index (χ2n) is 8.46. The van der Waals surface area contributed by atoms with Gasteiger partial charge < -0.3 is 9.84 Å². The van der Waals surface area contributed by atoms with Crippen LogP contribution in [-0.2, 0) is 11.2 Å². The van der Waals surface area contributed by atoms with E-state index in [1.807, 2.05) is 0 Å². The van der Waals surface area contributed by atoms with Crippen molar-refractivity contribution >= 4 is 0 Å². The highest BCUT2D eigenvalue weighted by Crippen LogP contribution is 2.49. The van der Waals surface area contributed by atoms with Gasteiger partial charge in [-0.05, 0) is 35.1 Å². The molecular formula is C24H30N2O2. The first-order chi connectivity index (χ1) is 13.8. The van der Waals surface area contributed by atoms with Crippen molar-refractivity contribution in [3.8, 4) is 0 Å². The predicted molar refractivity (Wildman–Crippen MR) is 111 cm³/mol. The number of hydrogen-bond acceptors (Lipinski definition) is 4. The zero-order valence-corrected chi connectivity index (χ0v) is 16.5. The minimum absolute atomic E-state index is 0.181. The molecule has 0 saturated carbocycles. The van der Waals surface area contributed by atoms with Crippen molar-refractivity contribution in [3.05, 3.63) is 70.8 Å². The van der Waals surface area contributed by atoms with Gasteiger partial charge in [-0.1, -0.05) is 48.5 Å². The Kier molecular flexibility index (Phi) is 5.20. The van der Waals surface area contributed by atoms with E-state index in [9.17, 15) is 0 Å². The summed E-state index contributed by atoms with van der Waals surface area (Å²) in [6.07, 6.45) is 2.59. The molecule has 0 radical (unpaired) electrons. The first kappa shape index (κ1) is 18.3. The molecule has 2 aromatic carbocycles. The number of β-amino-alcohol motifs (C(OH)–C–C–N with tert-alkyl or cyclic N) is 1. The molecular weight excluding hydrogens is 348 g/mol. The van der Waals surface area contributed by atoms with Crippen molar-refractivity contribution in [1.82, 2.24) is 9.80 Å². The Labute approximate surface area is 167 Å². The van der Waals surface area contributed by atoms with Gasteiger partial charge in [-0.15, -0.1) is 0 Å². The van der Waals surface area contributed by atoms with Gasteiger partial charge in [0.2, 0.25) is 0 Å². The summed E-state index contributed by atoms with van der Waals surface area (Å²) < 4.78 is 6.71. The van der Waals surface area contributed by atoms with Crippen LogP contribution in [-0.4, -0.2) is 66.9 Å². The van der Waals surface area contributed by atoms with Gasteiger partial charge in [-0.3, -0.25) is 9.80 Å². The van der Waals surface area contributed by atoms with E-state index in [0.717, 1.165) is 52.1 Å². The molecule has 3 unspecified atom stereocenters. The predicted octanol–water partition coefficient (Wildman–Crippen LogP) is 2.81. The maximum absolute atomic E-state index is 9.14. The van der Waals surface area contributed by atoms with E-state index in [1.165, 1.54) is 22.3 Å². The Morgan fingerprint density at radius 3 is 2.25 bits per heavy atom. The van der Waals surface area contributed by atoms with Crippen molar-refractivity contribution in [1.29, 1.82) is 0 Å². The third-order valence-electron chi connectivity index (χ3n) is 6.76. The Bertz CT molecular complexity index is 762. The molecule has 28 heavy (non-hydrogen) atoms. The Hall–Kier alpha value is -1.72. The van der Waals surface area contributed by atoms with Gasteiger partial charge in [0.1, 0.15) is 0 Å². The lowest BCUT2D eigenvalue weighted by Gasteiger charge is -2.35. The summed E-state index contributed by atoms with van der Waals surface area (Å²) in [4.78, 5) is 4.89. The molecule has 148 valence electrons. The molecule has 2 aliphatic heterocycles. The summed E-state index contributed by atoms with van der Waals surface area (Å²) in [5.74, 6) is 0.459. The van der Waals surface area contributed by atoms with Gasteiger partial charge in [0.15, 0.2) is 0 Å². The maximum atomic E-state index is 9.14. The fourth-order valence-corrected chi connectivity index (χ4v) is 5.32. The molecule has 0 bridgehead atoms. The van der Waals surface area contributed by atoms with E-state index < -0.39 is 0 Å². The lowest BCUT2D eigenvalue weighted by molar-refractivity contribution is 0.00797. The lowest BCUT2D eigenvalue weighted by Crippen LogP contribution is -2.49. The SMILES string of the molecule is OCCN1CCN(CC2CC3c4ccccc4Cc4ccccc4C3O2)CC1. The quantitative estimate of drug-likeness (QED) is 0.888. The Morgan fingerprint density at radius 2 is 1.50 bits per heavy atom. The minimum Gasteiger partial charge on any atom is -0.395 e. The zero-order valence-electron chi connectivity index (χ0n) is 16.5. The van der Waals surface area contributed by atoms with Crippen LogP contribution in [0.1, 0.15) is 40.7 Å². The third-order valence-corrected chi connectivity index (χ3v) is 6.76. The molecule has 0 spiro atoms. The number of nitrogens with zero attached hydrogens (tertiary/aromatic N) is 2. The number of fused-ring (bicyclic) bond motifs is 5. The van der Waals surface area contributed by atoms with Crippen LogP contribution in [0.4, 0.5) is 0 Å². The highest BCUT2D eigenvalue weighted by atomic mass is 16.5. The highest BCUT2D eigenvalue weighted by Gasteiger charge is 2.41. The molecule has 1 N–H and O–H groups in total. The van der Waals surface area contributed by atoms with Crippen molar-refractivity contribution < 1.29 is 9.84 Å². The van der Waals surface area contributed by atoms with Crippen LogP contribution in [0.3, 0.4) is 0 Å². The molecule has 5 rings (SSSR count). The standard InChI is InChI=1S/C24H30N2O2/c27-14-13-25-9-11-26(12-10-25)17-20-16-23-21-7-3-1-5-18(21)15-19-6-2-4-8-22(19)24(23)28-20/h1-8,20,23-24,27H,9-17H2. The summed E-state index contributed by atoms with van der Waals surface area (Å²) >= 11 is 0. The van der Waals surface area contributed by atoms with Crippen LogP contribution in [0, 0.1) is 0 Å². The number of piperazine rings is 1. The molecule has 2 heterocycles. The van der Waals surface area contributed by atoms with E-state index in [2.05, 4.69) is 58.3 Å². The number of aliphatic hydroxyl groups is 1. The fraction of sp³-hybridized carbons (Fsp3) is 0.500. The molecule has 3 atom stereocenters. The van der Waals surface area contributed by atoms with Gasteiger partial charge >= 0.3 is 0 Å². The number of hydrogen-bond donors (Lipinski definition) is 1. The summed E-state index contributed by atoms with van der Waals surface area (Å²) in [5, 5.41) is 9.14. The topological polar surface area (TPSA) is 35.9 Å². The Balaban J connectivity index is 1.34. The summed E-state index contributed by atoms with van der Waals surface area (Å²) in [6, 6.07) is 17.8. The molecule has 4 heteroatoms. The maximum Gasteiger partial charge on any atom is 0.0901 e. The summed E-state index contributed by atoms with van der Waals surface area (Å²) in [5.41, 5.74) is 5.75. The summed E-state index contributed by atoms with van der Waals surface area (Å²) in [6.45, 7) is 6.31. The van der Waals surface area contributed by atoms with E-state index in [0.29, 0.717) is 12.0 Å². The Morgan fingerprint density at radius 1 is 0.857 bits per heavy atom. The van der Waals surface area contributed by atoms with E-state index in [-0.39, 0.29) is 12.7 Å². The van der Waals surface area contributed by atoms with E-state index >= 15 is 0 Å². The molecule has 0 amide bonds. The molecule has 2 saturated heterocycles. The first-order valence-corrected chi connectivity index (χ1v) is 10.7. The second-order valence-corrected chi connectivity index (χ2v) is 8.46. The van der Waals surface area contributed by atoms with Gasteiger partial charge in [0.25, 0.3) is 0 Å². The van der Waals surface area contributed by atoms with Crippen molar-refractivity contribution in [2.24, 2.45) is 0 Å². The zero-order chi connectivity index (χ0) is 18.9. The number of aliphatic hydroxyl groups excluding tert-OH is 1. The van der Waals surface area contributed by atoms with Gasteiger partial charge in [0, 0.05) is 45.2 Å². The number of rotatable bonds is 4. The van der Waals surface area contributed by atoms with Crippen molar-refractivity contribution in [3.63, 3.8) is 0 Å². The average Bonchev–Trinajstić information content (AvgIpc) is 3.08. The van der Waals surface area contributed by atoms with Crippen molar-refractivity contribution in [2.75, 3.05) is 45.9 Å². The number of benzene rings is 2. The van der Waals surface area contributed by atoms with E-state index in [4.69, 9.17) is 9.84 Å². The highest BCUT2D eigenvalue weighted by molar-refractivity contribution is 5.45. The minimum atomic E-state index is 0.181. The monoisotopic (exact) mass is 378 g/mol. The van der Waals surface area contributed by atoms with Crippen LogP contribution in [0.2, 0.25) is 0 Å². The smallest absolute Gasteiger partial charge is 0.0901 e. The molecule has 0 aromatic heterocycles. The molecule has 3 aliphatic rings. The van der Waals surface area contributed by atoms with Crippen LogP contribution in [0.5, 0.6) is 0 Å². The van der Waals surface area contributed by atoms with Gasteiger partial charge in [-0.25, -0.2) is 0 Å². The molecule has 1 aliphatic carbocycles. The number of ether oxygens (including phenoxy) is 1. The third kappa shape index (κ3) is 3.50. The van der Waals surface area contributed by atoms with Gasteiger partial charge in [0.05, 0.1) is 18.8 Å². The van der Waals surface area contributed by atoms with Crippen LogP contribution in [0.25, 0.3) is 0 Å². The average molecular weight is 379 g/mol. The lowest BCUT2D eigenvalue weighted by atomic mass is 9.87. The van der Waals surface area contributed by atoms with Crippen LogP contribution in [0.15, 0.2) is 48.5 Å². The fourth-order valence-electron chi connectivity index (χ4n) is 5.32. The first-order valence-electron chi connectivity index (χ1n) is 10.7. The molecule has 2 fully saturated rings. The molecule has 2 aromatic rings.